The topological polar surface area (TPSA) is 85.6 Å². The summed E-state index contributed by atoms with van der Waals surface area (Å²) in [5.74, 6) is -0.561. The van der Waals surface area contributed by atoms with Crippen LogP contribution in [0.15, 0.2) is 48.8 Å². The number of nitrogens with one attached hydrogen (secondary N) is 1. The smallest absolute Gasteiger partial charge is 0.317 e. The number of anilines is 1. The SMILES string of the molecule is Cc1nn([C@@H](C)c2ccc(CC(F)(F)F)cc2CC(F)(F)F)cc1NC(=O)c1nnc(-c2ccccn2)s1. The number of carbonyl (C=O) groups excluding carboxylic acids is 1. The number of benzene rings is 1. The van der Waals surface area contributed by atoms with Gasteiger partial charge in [-0.2, -0.15) is 31.4 Å². The van der Waals surface area contributed by atoms with Crippen molar-refractivity contribution in [1.29, 1.82) is 0 Å². The highest BCUT2D eigenvalue weighted by Gasteiger charge is 2.32. The van der Waals surface area contributed by atoms with E-state index in [0.29, 0.717) is 22.1 Å². The maximum atomic E-state index is 13.2. The first-order valence-electron chi connectivity index (χ1n) is 11.2. The number of rotatable bonds is 7. The minimum Gasteiger partial charge on any atom is -0.317 e. The van der Waals surface area contributed by atoms with Crippen molar-refractivity contribution in [3.8, 4) is 10.7 Å². The van der Waals surface area contributed by atoms with Crippen LogP contribution in [0.1, 0.15) is 45.2 Å². The number of carbonyl (C=O) groups is 1. The van der Waals surface area contributed by atoms with E-state index in [4.69, 9.17) is 0 Å². The first kappa shape index (κ1) is 27.2. The number of halogens is 6. The first-order valence-corrected chi connectivity index (χ1v) is 12.0. The molecule has 7 nitrogen and oxygen atoms in total. The molecule has 0 spiro atoms. The van der Waals surface area contributed by atoms with Crippen molar-refractivity contribution in [3.63, 3.8) is 0 Å². The number of nitrogens with zero attached hydrogens (tertiary/aromatic N) is 5. The van der Waals surface area contributed by atoms with Crippen molar-refractivity contribution >= 4 is 22.9 Å². The molecule has 1 atom stereocenters. The Labute approximate surface area is 216 Å². The Morgan fingerprint density at radius 1 is 1.05 bits per heavy atom. The number of hydrogen-bond acceptors (Lipinski definition) is 6. The van der Waals surface area contributed by atoms with E-state index in [0.717, 1.165) is 23.5 Å². The zero-order valence-corrected chi connectivity index (χ0v) is 20.7. The van der Waals surface area contributed by atoms with E-state index in [1.165, 1.54) is 16.9 Å². The summed E-state index contributed by atoms with van der Waals surface area (Å²) in [6.45, 7) is 3.17. The first-order chi connectivity index (χ1) is 17.8. The standard InChI is InChI=1S/C24H20F6N6OS/c1-13-19(32-20(37)22-34-33-21(38-22)18-5-3-4-8-31-18)12-36(35-13)14(2)17-7-6-15(10-23(25,26)27)9-16(17)11-24(28,29)30/h3-9,12,14H,10-11H2,1-2H3,(H,32,37)/t14-/m0/s1. The average molecular weight is 555 g/mol. The summed E-state index contributed by atoms with van der Waals surface area (Å²) in [6, 6.07) is 7.81. The van der Waals surface area contributed by atoms with Gasteiger partial charge in [0.2, 0.25) is 5.01 Å². The Hall–Kier alpha value is -3.81. The maximum absolute atomic E-state index is 13.2. The van der Waals surface area contributed by atoms with Gasteiger partial charge < -0.3 is 5.32 Å². The second-order valence-electron chi connectivity index (χ2n) is 8.48. The van der Waals surface area contributed by atoms with Gasteiger partial charge in [-0.1, -0.05) is 35.6 Å². The fourth-order valence-electron chi connectivity index (χ4n) is 3.81. The fourth-order valence-corrected chi connectivity index (χ4v) is 4.52. The van der Waals surface area contributed by atoms with Gasteiger partial charge in [0.25, 0.3) is 5.91 Å². The molecule has 0 bridgehead atoms. The maximum Gasteiger partial charge on any atom is 0.393 e. The third-order valence-corrected chi connectivity index (χ3v) is 6.46. The minimum absolute atomic E-state index is 0.0681. The van der Waals surface area contributed by atoms with Gasteiger partial charge in [-0.15, -0.1) is 10.2 Å². The second-order valence-corrected chi connectivity index (χ2v) is 9.46. The molecule has 1 N–H and O–H groups in total. The molecule has 4 aromatic rings. The lowest BCUT2D eigenvalue weighted by atomic mass is 9.95. The lowest BCUT2D eigenvalue weighted by Crippen LogP contribution is -2.18. The molecule has 14 heteroatoms. The van der Waals surface area contributed by atoms with Crippen molar-refractivity contribution < 1.29 is 31.1 Å². The molecule has 3 aromatic heterocycles. The number of pyridine rings is 1. The van der Waals surface area contributed by atoms with Gasteiger partial charge in [0.15, 0.2) is 5.01 Å². The van der Waals surface area contributed by atoms with Gasteiger partial charge in [-0.3, -0.25) is 14.5 Å². The molecule has 0 saturated heterocycles. The highest BCUT2D eigenvalue weighted by atomic mass is 32.1. The highest BCUT2D eigenvalue weighted by Crippen LogP contribution is 2.32. The zero-order valence-electron chi connectivity index (χ0n) is 19.9. The number of aryl methyl sites for hydroxylation is 1. The van der Waals surface area contributed by atoms with Crippen LogP contribution in [-0.2, 0) is 12.8 Å². The van der Waals surface area contributed by atoms with Gasteiger partial charge in [-0.05, 0) is 42.7 Å². The fraction of sp³-hybridized carbons (Fsp3) is 0.292. The molecule has 0 radical (unpaired) electrons. The summed E-state index contributed by atoms with van der Waals surface area (Å²) in [5, 5.41) is 15.3. The van der Waals surface area contributed by atoms with Crippen LogP contribution >= 0.6 is 11.3 Å². The molecule has 38 heavy (non-hydrogen) atoms. The molecule has 0 unspecified atom stereocenters. The molecule has 4 rings (SSSR count). The monoisotopic (exact) mass is 554 g/mol. The molecular formula is C24H20F6N6OS. The third-order valence-electron chi connectivity index (χ3n) is 5.52. The van der Waals surface area contributed by atoms with Crippen LogP contribution in [0.2, 0.25) is 0 Å². The van der Waals surface area contributed by atoms with E-state index in [-0.39, 0.29) is 21.7 Å². The summed E-state index contributed by atoms with van der Waals surface area (Å²) in [4.78, 5) is 16.9. The molecular weight excluding hydrogens is 534 g/mol. The summed E-state index contributed by atoms with van der Waals surface area (Å²) in [6.07, 6.45) is -8.88. The molecule has 1 aromatic carbocycles. The van der Waals surface area contributed by atoms with Gasteiger partial charge in [0, 0.05) is 12.4 Å². The van der Waals surface area contributed by atoms with E-state index in [1.807, 2.05) is 0 Å². The second kappa shape index (κ2) is 10.5. The van der Waals surface area contributed by atoms with Crippen LogP contribution < -0.4 is 5.32 Å². The normalized spacial score (nSPS) is 12.9. The van der Waals surface area contributed by atoms with Crippen LogP contribution in [0.5, 0.6) is 0 Å². The van der Waals surface area contributed by atoms with Crippen LogP contribution in [0.3, 0.4) is 0 Å². The van der Waals surface area contributed by atoms with Gasteiger partial charge in [0.05, 0.1) is 30.3 Å². The number of hydrogen-bond donors (Lipinski definition) is 1. The van der Waals surface area contributed by atoms with Gasteiger partial charge in [0.1, 0.15) is 5.69 Å². The predicted octanol–water partition coefficient (Wildman–Crippen LogP) is 6.18. The van der Waals surface area contributed by atoms with Crippen LogP contribution in [-0.4, -0.2) is 43.2 Å². The van der Waals surface area contributed by atoms with E-state index in [9.17, 15) is 31.1 Å². The summed E-state index contributed by atoms with van der Waals surface area (Å²) < 4.78 is 79.5. The lowest BCUT2D eigenvalue weighted by molar-refractivity contribution is -0.127. The highest BCUT2D eigenvalue weighted by molar-refractivity contribution is 7.16. The molecule has 3 heterocycles. The molecule has 200 valence electrons. The Balaban J connectivity index is 1.56. The van der Waals surface area contributed by atoms with Crippen molar-refractivity contribution in [2.24, 2.45) is 0 Å². The van der Waals surface area contributed by atoms with Crippen LogP contribution in [0, 0.1) is 6.92 Å². The molecule has 0 fully saturated rings. The Bertz CT molecular complexity index is 1430. The number of amides is 1. The Morgan fingerprint density at radius 2 is 1.79 bits per heavy atom. The van der Waals surface area contributed by atoms with E-state index in [1.54, 1.807) is 38.2 Å². The molecule has 0 aliphatic carbocycles. The van der Waals surface area contributed by atoms with Crippen LogP contribution in [0.4, 0.5) is 32.0 Å². The summed E-state index contributed by atoms with van der Waals surface area (Å²) in [5.41, 5.74) is 0.851. The largest absolute Gasteiger partial charge is 0.393 e. The Morgan fingerprint density at radius 3 is 2.45 bits per heavy atom. The molecule has 0 saturated carbocycles. The van der Waals surface area contributed by atoms with Gasteiger partial charge in [-0.25, -0.2) is 0 Å². The van der Waals surface area contributed by atoms with Crippen molar-refractivity contribution in [2.75, 3.05) is 5.32 Å². The number of alkyl halides is 6. The molecule has 0 aliphatic heterocycles. The number of aromatic nitrogens is 5. The van der Waals surface area contributed by atoms with E-state index < -0.39 is 37.1 Å². The summed E-state index contributed by atoms with van der Waals surface area (Å²) in [7, 11) is 0. The molecule has 0 aliphatic rings. The quantitative estimate of drug-likeness (QED) is 0.276. The van der Waals surface area contributed by atoms with Gasteiger partial charge >= 0.3 is 12.4 Å². The predicted molar refractivity (Wildman–Crippen MR) is 128 cm³/mol. The Kier molecular flexibility index (Phi) is 7.54. The van der Waals surface area contributed by atoms with Crippen molar-refractivity contribution in [1.82, 2.24) is 25.0 Å². The van der Waals surface area contributed by atoms with E-state index >= 15 is 0 Å². The van der Waals surface area contributed by atoms with Crippen molar-refractivity contribution in [3.05, 3.63) is 76.2 Å². The van der Waals surface area contributed by atoms with Crippen LogP contribution in [0.25, 0.3) is 10.7 Å². The minimum atomic E-state index is -4.62. The molecule has 1 amide bonds. The van der Waals surface area contributed by atoms with E-state index in [2.05, 4.69) is 25.6 Å². The zero-order chi connectivity index (χ0) is 27.7. The van der Waals surface area contributed by atoms with Crippen molar-refractivity contribution in [2.45, 2.75) is 45.1 Å². The third kappa shape index (κ3) is 6.73. The average Bonchev–Trinajstić information content (AvgIpc) is 3.45. The lowest BCUT2D eigenvalue weighted by Gasteiger charge is -2.20. The summed E-state index contributed by atoms with van der Waals surface area (Å²) >= 11 is 1.03.